The number of amides is 1. The third-order valence-corrected chi connectivity index (χ3v) is 2.89. The minimum Gasteiger partial charge on any atom is -0.353 e. The summed E-state index contributed by atoms with van der Waals surface area (Å²) < 4.78 is 0. The van der Waals surface area contributed by atoms with Crippen molar-refractivity contribution < 1.29 is 4.79 Å². The molecule has 1 aliphatic rings. The Morgan fingerprint density at radius 1 is 1.81 bits per heavy atom. The zero-order valence-electron chi connectivity index (χ0n) is 9.49. The van der Waals surface area contributed by atoms with Crippen LogP contribution in [0.5, 0.6) is 0 Å². The Balaban J connectivity index is 1.87. The maximum Gasteiger partial charge on any atom is 0.221 e. The van der Waals surface area contributed by atoms with Gasteiger partial charge in [-0.1, -0.05) is 0 Å². The zero-order chi connectivity index (χ0) is 11.5. The highest BCUT2D eigenvalue weighted by atomic mass is 16.1. The number of rotatable bonds is 3. The van der Waals surface area contributed by atoms with Gasteiger partial charge in [-0.25, -0.2) is 0 Å². The van der Waals surface area contributed by atoms with Gasteiger partial charge in [0, 0.05) is 24.2 Å². The van der Waals surface area contributed by atoms with Crippen LogP contribution in [0, 0.1) is 0 Å². The molecular weight excluding hydrogens is 204 g/mol. The molecule has 1 aromatic heterocycles. The predicted molar refractivity (Wildman–Crippen MR) is 60.8 cm³/mol. The van der Waals surface area contributed by atoms with E-state index in [1.165, 1.54) is 11.3 Å². The predicted octanol–water partition coefficient (Wildman–Crippen LogP) is 0.121. The second-order valence-corrected chi connectivity index (χ2v) is 4.56. The molecule has 5 heteroatoms. The first-order valence-corrected chi connectivity index (χ1v) is 5.71. The number of nitrogens with zero attached hydrogens (tertiary/aromatic N) is 1. The minimum absolute atomic E-state index is 0.0481. The molecule has 2 atom stereocenters. The lowest BCUT2D eigenvalue weighted by molar-refractivity contribution is -0.122. The van der Waals surface area contributed by atoms with E-state index in [0.29, 0.717) is 6.42 Å². The topological polar surface area (TPSA) is 83.8 Å². The molecule has 2 unspecified atom stereocenters. The molecule has 1 aliphatic carbocycles. The normalized spacial score (nSPS) is 21.2. The van der Waals surface area contributed by atoms with Gasteiger partial charge in [-0.05, 0) is 31.7 Å². The number of aryl methyl sites for hydroxylation is 1. The summed E-state index contributed by atoms with van der Waals surface area (Å²) >= 11 is 0. The largest absolute Gasteiger partial charge is 0.353 e. The smallest absolute Gasteiger partial charge is 0.221 e. The van der Waals surface area contributed by atoms with Crippen LogP contribution in [0.4, 0.5) is 0 Å². The Labute approximate surface area is 94.8 Å². The molecule has 0 bridgehead atoms. The summed E-state index contributed by atoms with van der Waals surface area (Å²) in [5, 5.41) is 10.0. The zero-order valence-corrected chi connectivity index (χ0v) is 9.49. The second kappa shape index (κ2) is 4.65. The van der Waals surface area contributed by atoms with Crippen LogP contribution in [0.15, 0.2) is 6.20 Å². The van der Waals surface area contributed by atoms with Gasteiger partial charge < -0.3 is 11.1 Å². The molecule has 2 rings (SSSR count). The van der Waals surface area contributed by atoms with E-state index in [0.717, 1.165) is 19.3 Å². The van der Waals surface area contributed by atoms with Gasteiger partial charge in [-0.3, -0.25) is 9.89 Å². The minimum atomic E-state index is -0.0759. The van der Waals surface area contributed by atoms with E-state index in [9.17, 15) is 4.79 Å². The van der Waals surface area contributed by atoms with E-state index in [2.05, 4.69) is 15.5 Å². The quantitative estimate of drug-likeness (QED) is 0.679. The highest BCUT2D eigenvalue weighted by Gasteiger charge is 2.21. The second-order valence-electron chi connectivity index (χ2n) is 4.56. The average molecular weight is 222 g/mol. The molecule has 1 heterocycles. The third-order valence-electron chi connectivity index (χ3n) is 2.89. The maximum atomic E-state index is 11.6. The number of aromatic amines is 1. The molecule has 5 nitrogen and oxygen atoms in total. The van der Waals surface area contributed by atoms with Crippen molar-refractivity contribution in [1.82, 2.24) is 15.5 Å². The Hall–Kier alpha value is -1.36. The van der Waals surface area contributed by atoms with Crippen molar-refractivity contribution in [2.24, 2.45) is 5.73 Å². The van der Waals surface area contributed by atoms with Crippen LogP contribution < -0.4 is 11.1 Å². The summed E-state index contributed by atoms with van der Waals surface area (Å²) in [4.78, 5) is 11.6. The van der Waals surface area contributed by atoms with Crippen molar-refractivity contribution in [1.29, 1.82) is 0 Å². The summed E-state index contributed by atoms with van der Waals surface area (Å²) in [5.74, 6) is 0.0481. The number of carbonyl (C=O) groups is 1. The van der Waals surface area contributed by atoms with Gasteiger partial charge in [-0.2, -0.15) is 5.10 Å². The number of fused-ring (bicyclic) bond motifs is 1. The van der Waals surface area contributed by atoms with Crippen LogP contribution >= 0.6 is 0 Å². The monoisotopic (exact) mass is 222 g/mol. The van der Waals surface area contributed by atoms with E-state index < -0.39 is 0 Å². The molecule has 1 amide bonds. The van der Waals surface area contributed by atoms with Gasteiger partial charge in [0.05, 0.1) is 6.20 Å². The molecule has 1 aromatic rings. The van der Waals surface area contributed by atoms with Gasteiger partial charge in [0.2, 0.25) is 5.91 Å². The number of nitrogens with one attached hydrogen (secondary N) is 2. The van der Waals surface area contributed by atoms with Crippen molar-refractivity contribution >= 4 is 5.91 Å². The van der Waals surface area contributed by atoms with E-state index in [1.807, 2.05) is 13.1 Å². The van der Waals surface area contributed by atoms with Crippen molar-refractivity contribution in [3.05, 3.63) is 17.5 Å². The highest BCUT2D eigenvalue weighted by molar-refractivity contribution is 5.76. The molecule has 0 aliphatic heterocycles. The fourth-order valence-corrected chi connectivity index (χ4v) is 2.12. The standard InChI is InChI=1S/C11H18N4O/c1-7(12)4-11(16)14-9-2-3-10-8(5-9)6-13-15-10/h6-7,9H,2-5,12H2,1H3,(H,13,15)(H,14,16). The summed E-state index contributed by atoms with van der Waals surface area (Å²) in [5.41, 5.74) is 8.01. The van der Waals surface area contributed by atoms with Crippen molar-refractivity contribution in [3.63, 3.8) is 0 Å². The first kappa shape index (κ1) is 11.1. The fourth-order valence-electron chi connectivity index (χ4n) is 2.12. The van der Waals surface area contributed by atoms with Gasteiger partial charge in [-0.15, -0.1) is 0 Å². The molecule has 88 valence electrons. The summed E-state index contributed by atoms with van der Waals surface area (Å²) in [6, 6.07) is 0.157. The van der Waals surface area contributed by atoms with Crippen molar-refractivity contribution in [2.75, 3.05) is 0 Å². The van der Waals surface area contributed by atoms with Crippen LogP contribution in [-0.4, -0.2) is 28.2 Å². The van der Waals surface area contributed by atoms with Crippen LogP contribution in [0.1, 0.15) is 31.0 Å². The Morgan fingerprint density at radius 2 is 2.62 bits per heavy atom. The third kappa shape index (κ3) is 2.61. The number of aromatic nitrogens is 2. The number of hydrogen-bond acceptors (Lipinski definition) is 3. The van der Waals surface area contributed by atoms with Crippen molar-refractivity contribution in [2.45, 2.75) is 44.7 Å². The van der Waals surface area contributed by atoms with Crippen LogP contribution in [0.25, 0.3) is 0 Å². The van der Waals surface area contributed by atoms with Gasteiger partial charge in [0.1, 0.15) is 0 Å². The molecule has 0 saturated carbocycles. The molecule has 0 fully saturated rings. The first-order chi connectivity index (χ1) is 7.65. The molecule has 0 aromatic carbocycles. The van der Waals surface area contributed by atoms with E-state index in [4.69, 9.17) is 5.73 Å². The summed E-state index contributed by atoms with van der Waals surface area (Å²) in [6.45, 7) is 1.84. The summed E-state index contributed by atoms with van der Waals surface area (Å²) in [6.07, 6.45) is 5.04. The molecule has 0 saturated heterocycles. The van der Waals surface area contributed by atoms with E-state index >= 15 is 0 Å². The lowest BCUT2D eigenvalue weighted by Gasteiger charge is -2.23. The fraction of sp³-hybridized carbons (Fsp3) is 0.636. The SMILES string of the molecule is CC(N)CC(=O)NC1CCc2[nH]ncc2C1. The lowest BCUT2D eigenvalue weighted by Crippen LogP contribution is -2.40. The number of hydrogen-bond donors (Lipinski definition) is 3. The van der Waals surface area contributed by atoms with Crippen LogP contribution in [-0.2, 0) is 17.6 Å². The van der Waals surface area contributed by atoms with Crippen LogP contribution in [0.3, 0.4) is 0 Å². The van der Waals surface area contributed by atoms with E-state index in [1.54, 1.807) is 0 Å². The number of nitrogens with two attached hydrogens (primary N) is 1. The molecule has 4 N–H and O–H groups in total. The lowest BCUT2D eigenvalue weighted by atomic mass is 9.93. The Morgan fingerprint density at radius 3 is 3.38 bits per heavy atom. The molecular formula is C11H18N4O. The summed E-state index contributed by atoms with van der Waals surface area (Å²) in [7, 11) is 0. The van der Waals surface area contributed by atoms with Gasteiger partial charge in [0.15, 0.2) is 0 Å². The van der Waals surface area contributed by atoms with Gasteiger partial charge in [0.25, 0.3) is 0 Å². The molecule has 0 radical (unpaired) electrons. The average Bonchev–Trinajstić information content (AvgIpc) is 2.63. The first-order valence-electron chi connectivity index (χ1n) is 5.71. The Bertz CT molecular complexity index is 372. The highest BCUT2D eigenvalue weighted by Crippen LogP contribution is 2.18. The molecule has 0 spiro atoms. The Kier molecular flexibility index (Phi) is 3.24. The van der Waals surface area contributed by atoms with Crippen molar-refractivity contribution in [3.8, 4) is 0 Å². The van der Waals surface area contributed by atoms with Crippen LogP contribution in [0.2, 0.25) is 0 Å². The maximum absolute atomic E-state index is 11.6. The van der Waals surface area contributed by atoms with Gasteiger partial charge >= 0.3 is 0 Å². The number of H-pyrrole nitrogens is 1. The number of carbonyl (C=O) groups excluding carboxylic acids is 1. The molecule has 16 heavy (non-hydrogen) atoms. The van der Waals surface area contributed by atoms with E-state index in [-0.39, 0.29) is 18.0 Å².